The van der Waals surface area contributed by atoms with Gasteiger partial charge in [0.1, 0.15) is 0 Å². The lowest BCUT2D eigenvalue weighted by molar-refractivity contribution is -0.113. The van der Waals surface area contributed by atoms with Crippen LogP contribution in [0.25, 0.3) is 11.3 Å². The fraction of sp³-hybridized carbons (Fsp3) is 0.0588. The molecular weight excluding hydrogens is 419 g/mol. The predicted octanol–water partition coefficient (Wildman–Crippen LogP) is 6.50. The number of benzene rings is 2. The minimum atomic E-state index is -0.155. The van der Waals surface area contributed by atoms with Gasteiger partial charge in [-0.3, -0.25) is 4.79 Å². The Hall–Kier alpha value is -1.24. The molecule has 0 atom stereocenters. The molecule has 2 aromatic carbocycles. The lowest BCUT2D eigenvalue weighted by Crippen LogP contribution is -2.14. The zero-order chi connectivity index (χ0) is 17.8. The van der Waals surface area contributed by atoms with Crippen molar-refractivity contribution in [2.24, 2.45) is 0 Å². The predicted molar refractivity (Wildman–Crippen MR) is 108 cm³/mol. The highest BCUT2D eigenvalue weighted by atomic mass is 35.5. The van der Waals surface area contributed by atoms with Gasteiger partial charge in [-0.05, 0) is 30.3 Å². The number of hydrogen-bond acceptors (Lipinski definition) is 4. The molecule has 128 valence electrons. The molecule has 1 N–H and O–H groups in total. The number of nitrogens with zero attached hydrogens (tertiary/aromatic N) is 1. The third-order valence-corrected chi connectivity index (χ3v) is 5.98. The number of amides is 1. The molecule has 0 radical (unpaired) electrons. The summed E-state index contributed by atoms with van der Waals surface area (Å²) >= 11 is 20.7. The van der Waals surface area contributed by atoms with E-state index in [-0.39, 0.29) is 11.7 Å². The second-order valence-electron chi connectivity index (χ2n) is 4.97. The van der Waals surface area contributed by atoms with Gasteiger partial charge in [-0.1, -0.05) is 58.7 Å². The molecule has 0 fully saturated rings. The standard InChI is InChI=1S/C17H11Cl3N2OS2/c18-11-3-1-10(2-4-11)15-8-24-17(22-15)25-9-16(23)21-14-6-5-12(19)7-13(14)20/h1-8H,9H2,(H,21,23). The summed E-state index contributed by atoms with van der Waals surface area (Å²) in [5.41, 5.74) is 2.40. The molecule has 0 aliphatic carbocycles. The minimum absolute atomic E-state index is 0.155. The number of carbonyl (C=O) groups excluding carboxylic acids is 1. The largest absolute Gasteiger partial charge is 0.324 e. The molecule has 25 heavy (non-hydrogen) atoms. The van der Waals surface area contributed by atoms with Crippen molar-refractivity contribution in [3.05, 3.63) is 62.9 Å². The van der Waals surface area contributed by atoms with Crippen molar-refractivity contribution in [3.63, 3.8) is 0 Å². The SMILES string of the molecule is O=C(CSc1nc(-c2ccc(Cl)cc2)cs1)Nc1ccc(Cl)cc1Cl. The number of nitrogens with one attached hydrogen (secondary N) is 1. The highest BCUT2D eigenvalue weighted by molar-refractivity contribution is 8.01. The number of anilines is 1. The third kappa shape index (κ3) is 5.12. The molecule has 3 rings (SSSR count). The van der Waals surface area contributed by atoms with Gasteiger partial charge >= 0.3 is 0 Å². The van der Waals surface area contributed by atoms with E-state index in [1.807, 2.05) is 29.6 Å². The highest BCUT2D eigenvalue weighted by Crippen LogP contribution is 2.30. The topological polar surface area (TPSA) is 42.0 Å². The van der Waals surface area contributed by atoms with E-state index in [0.717, 1.165) is 15.6 Å². The maximum absolute atomic E-state index is 12.1. The molecule has 0 spiro atoms. The Morgan fingerprint density at radius 1 is 1.08 bits per heavy atom. The zero-order valence-corrected chi connectivity index (χ0v) is 16.5. The van der Waals surface area contributed by atoms with Gasteiger partial charge < -0.3 is 5.32 Å². The van der Waals surface area contributed by atoms with Crippen LogP contribution in [-0.4, -0.2) is 16.6 Å². The summed E-state index contributed by atoms with van der Waals surface area (Å²) in [4.78, 5) is 16.6. The molecule has 0 saturated carbocycles. The van der Waals surface area contributed by atoms with Gasteiger partial charge in [0, 0.05) is 21.0 Å². The summed E-state index contributed by atoms with van der Waals surface area (Å²) in [6.45, 7) is 0. The van der Waals surface area contributed by atoms with Crippen LogP contribution in [0.5, 0.6) is 0 Å². The summed E-state index contributed by atoms with van der Waals surface area (Å²) in [6, 6.07) is 12.4. The Kier molecular flexibility index (Phi) is 6.25. The van der Waals surface area contributed by atoms with E-state index in [2.05, 4.69) is 10.3 Å². The number of aromatic nitrogens is 1. The van der Waals surface area contributed by atoms with Gasteiger partial charge in [0.25, 0.3) is 0 Å². The number of halogens is 3. The first-order chi connectivity index (χ1) is 12.0. The minimum Gasteiger partial charge on any atom is -0.324 e. The van der Waals surface area contributed by atoms with E-state index >= 15 is 0 Å². The van der Waals surface area contributed by atoms with E-state index in [9.17, 15) is 4.79 Å². The molecule has 1 heterocycles. The van der Waals surface area contributed by atoms with Crippen molar-refractivity contribution >= 4 is 69.5 Å². The van der Waals surface area contributed by atoms with Gasteiger partial charge in [-0.25, -0.2) is 4.98 Å². The Labute approximate surface area is 168 Å². The van der Waals surface area contributed by atoms with Crippen LogP contribution in [0.1, 0.15) is 0 Å². The molecule has 1 amide bonds. The van der Waals surface area contributed by atoms with Gasteiger partial charge in [-0.15, -0.1) is 11.3 Å². The zero-order valence-electron chi connectivity index (χ0n) is 12.6. The second kappa shape index (κ2) is 8.43. The average Bonchev–Trinajstić information content (AvgIpc) is 3.05. The van der Waals surface area contributed by atoms with Crippen molar-refractivity contribution < 1.29 is 4.79 Å². The fourth-order valence-corrected chi connectivity index (χ4v) is 4.20. The second-order valence-corrected chi connectivity index (χ2v) is 8.33. The van der Waals surface area contributed by atoms with Crippen LogP contribution in [-0.2, 0) is 4.79 Å². The molecule has 0 unspecified atom stereocenters. The van der Waals surface area contributed by atoms with E-state index < -0.39 is 0 Å². The first-order valence-corrected chi connectivity index (χ1v) is 10.1. The molecule has 0 aliphatic rings. The molecule has 0 saturated heterocycles. The number of rotatable bonds is 5. The molecule has 0 bridgehead atoms. The molecular formula is C17H11Cl3N2OS2. The summed E-state index contributed by atoms with van der Waals surface area (Å²) in [5.74, 6) is 0.0875. The number of carbonyl (C=O) groups is 1. The van der Waals surface area contributed by atoms with Crippen LogP contribution < -0.4 is 5.32 Å². The average molecular weight is 430 g/mol. The normalized spacial score (nSPS) is 10.7. The van der Waals surface area contributed by atoms with Gasteiger partial charge in [0.2, 0.25) is 5.91 Å². The quantitative estimate of drug-likeness (QED) is 0.471. The van der Waals surface area contributed by atoms with E-state index in [4.69, 9.17) is 34.8 Å². The summed E-state index contributed by atoms with van der Waals surface area (Å²) in [5, 5.41) is 6.34. The maximum atomic E-state index is 12.1. The number of thiazole rings is 1. The molecule has 3 nitrogen and oxygen atoms in total. The van der Waals surface area contributed by atoms with Crippen LogP contribution in [0.2, 0.25) is 15.1 Å². The van der Waals surface area contributed by atoms with Crippen LogP contribution in [0.15, 0.2) is 52.2 Å². The fourth-order valence-electron chi connectivity index (χ4n) is 1.98. The maximum Gasteiger partial charge on any atom is 0.234 e. The molecule has 3 aromatic rings. The van der Waals surface area contributed by atoms with E-state index in [1.54, 1.807) is 18.2 Å². The summed E-state index contributed by atoms with van der Waals surface area (Å²) < 4.78 is 0.822. The van der Waals surface area contributed by atoms with Crippen LogP contribution >= 0.6 is 57.9 Å². The van der Waals surface area contributed by atoms with Crippen molar-refractivity contribution in [3.8, 4) is 11.3 Å². The monoisotopic (exact) mass is 428 g/mol. The Bertz CT molecular complexity index is 897. The Balaban J connectivity index is 1.58. The number of hydrogen-bond donors (Lipinski definition) is 1. The lowest BCUT2D eigenvalue weighted by Gasteiger charge is -2.06. The van der Waals surface area contributed by atoms with Crippen molar-refractivity contribution in [1.29, 1.82) is 0 Å². The van der Waals surface area contributed by atoms with Gasteiger partial charge in [0.05, 0.1) is 22.2 Å². The first-order valence-electron chi connectivity index (χ1n) is 7.10. The Morgan fingerprint density at radius 2 is 1.80 bits per heavy atom. The molecule has 1 aromatic heterocycles. The molecule has 8 heteroatoms. The van der Waals surface area contributed by atoms with Crippen molar-refractivity contribution in [1.82, 2.24) is 4.98 Å². The summed E-state index contributed by atoms with van der Waals surface area (Å²) in [7, 11) is 0. The van der Waals surface area contributed by atoms with Gasteiger partial charge in [0.15, 0.2) is 4.34 Å². The number of thioether (sulfide) groups is 1. The smallest absolute Gasteiger partial charge is 0.234 e. The van der Waals surface area contributed by atoms with E-state index in [1.165, 1.54) is 23.1 Å². The van der Waals surface area contributed by atoms with Crippen molar-refractivity contribution in [2.75, 3.05) is 11.1 Å². The third-order valence-electron chi connectivity index (χ3n) is 3.16. The van der Waals surface area contributed by atoms with Crippen LogP contribution in [0.3, 0.4) is 0 Å². The van der Waals surface area contributed by atoms with Gasteiger partial charge in [-0.2, -0.15) is 0 Å². The molecule has 0 aliphatic heterocycles. The lowest BCUT2D eigenvalue weighted by atomic mass is 10.2. The Morgan fingerprint density at radius 3 is 2.52 bits per heavy atom. The van der Waals surface area contributed by atoms with Crippen molar-refractivity contribution in [2.45, 2.75) is 4.34 Å². The highest BCUT2D eigenvalue weighted by Gasteiger charge is 2.10. The van der Waals surface area contributed by atoms with E-state index in [0.29, 0.717) is 20.8 Å². The summed E-state index contributed by atoms with van der Waals surface area (Å²) in [6.07, 6.45) is 0. The van der Waals surface area contributed by atoms with Crippen LogP contribution in [0, 0.1) is 0 Å². The van der Waals surface area contributed by atoms with Crippen LogP contribution in [0.4, 0.5) is 5.69 Å². The first kappa shape index (κ1) is 18.5.